The number of hydrogen-bond acceptors (Lipinski definition) is 5. The Bertz CT molecular complexity index is 1250. The van der Waals surface area contributed by atoms with E-state index in [0.717, 1.165) is 5.56 Å². The SMILES string of the molecule is CCOC(=O)c1ccnc(N2CCC(N(C)C(=O)c3ccc(Cl)cc3)C(c3ccc(Cl)c(Cl)c3)C2)c1. The van der Waals surface area contributed by atoms with E-state index < -0.39 is 0 Å². The van der Waals surface area contributed by atoms with Crippen LogP contribution < -0.4 is 4.90 Å². The maximum absolute atomic E-state index is 13.3. The average Bonchev–Trinajstić information content (AvgIpc) is 2.90. The number of anilines is 1. The van der Waals surface area contributed by atoms with E-state index in [0.29, 0.717) is 58.1 Å². The highest BCUT2D eigenvalue weighted by atomic mass is 35.5. The molecule has 0 saturated carbocycles. The lowest BCUT2D eigenvalue weighted by atomic mass is 9.84. The quantitative estimate of drug-likeness (QED) is 0.337. The fraction of sp³-hybridized carbons (Fsp3) is 0.296. The van der Waals surface area contributed by atoms with E-state index in [1.54, 1.807) is 60.5 Å². The molecule has 36 heavy (non-hydrogen) atoms. The molecule has 188 valence electrons. The van der Waals surface area contributed by atoms with Crippen molar-refractivity contribution >= 4 is 52.5 Å². The van der Waals surface area contributed by atoms with Gasteiger partial charge in [0.05, 0.1) is 22.2 Å². The number of likely N-dealkylation sites (N-methyl/N-ethyl adjacent to an activating group) is 1. The number of halogens is 3. The first kappa shape index (κ1) is 26.3. The van der Waals surface area contributed by atoms with Gasteiger partial charge >= 0.3 is 5.97 Å². The van der Waals surface area contributed by atoms with E-state index in [1.165, 1.54) is 0 Å². The van der Waals surface area contributed by atoms with Crippen LogP contribution >= 0.6 is 34.8 Å². The third kappa shape index (κ3) is 5.77. The second-order valence-corrected chi connectivity index (χ2v) is 9.88. The summed E-state index contributed by atoms with van der Waals surface area (Å²) in [7, 11) is 1.82. The van der Waals surface area contributed by atoms with Crippen LogP contribution in [0.5, 0.6) is 0 Å². The Balaban J connectivity index is 1.64. The molecule has 9 heteroatoms. The molecule has 0 N–H and O–H groups in total. The number of ether oxygens (including phenoxy) is 1. The minimum absolute atomic E-state index is 0.0807. The fourth-order valence-corrected chi connectivity index (χ4v) is 4.99. The number of aromatic nitrogens is 1. The number of carbonyl (C=O) groups is 2. The average molecular weight is 547 g/mol. The lowest BCUT2D eigenvalue weighted by molar-refractivity contribution is 0.0525. The van der Waals surface area contributed by atoms with Gasteiger partial charge in [-0.05, 0) is 67.4 Å². The van der Waals surface area contributed by atoms with Gasteiger partial charge in [0.2, 0.25) is 0 Å². The second-order valence-electron chi connectivity index (χ2n) is 8.63. The van der Waals surface area contributed by atoms with Gasteiger partial charge < -0.3 is 14.5 Å². The molecule has 3 aromatic rings. The molecule has 1 fully saturated rings. The van der Waals surface area contributed by atoms with E-state index in [2.05, 4.69) is 9.88 Å². The Morgan fingerprint density at radius 3 is 2.47 bits per heavy atom. The Labute approximate surface area is 225 Å². The van der Waals surface area contributed by atoms with Crippen molar-refractivity contribution in [2.24, 2.45) is 0 Å². The van der Waals surface area contributed by atoms with E-state index in [1.807, 2.05) is 19.2 Å². The zero-order valence-corrected chi connectivity index (χ0v) is 22.2. The summed E-state index contributed by atoms with van der Waals surface area (Å²) in [6, 6.07) is 15.7. The summed E-state index contributed by atoms with van der Waals surface area (Å²) in [6.45, 7) is 3.30. The molecule has 1 aliphatic heterocycles. The standard InChI is InChI=1S/C27H26Cl3N3O3/c1-3-36-27(35)19-10-12-31-25(15-19)33-13-11-24(21(16-33)18-6-9-22(29)23(30)14-18)32(2)26(34)17-4-7-20(28)8-5-17/h4-10,12,14-15,21,24H,3,11,13,16H2,1-2H3. The van der Waals surface area contributed by atoms with Crippen molar-refractivity contribution in [3.8, 4) is 0 Å². The molecule has 0 aliphatic carbocycles. The molecule has 0 bridgehead atoms. The summed E-state index contributed by atoms with van der Waals surface area (Å²) in [5.41, 5.74) is 1.99. The molecule has 2 heterocycles. The highest BCUT2D eigenvalue weighted by Crippen LogP contribution is 2.36. The number of benzene rings is 2. The lowest BCUT2D eigenvalue weighted by Crippen LogP contribution is -2.50. The largest absolute Gasteiger partial charge is 0.462 e. The summed E-state index contributed by atoms with van der Waals surface area (Å²) in [6.07, 6.45) is 2.30. The van der Waals surface area contributed by atoms with Crippen LogP contribution in [-0.2, 0) is 4.74 Å². The van der Waals surface area contributed by atoms with Crippen molar-refractivity contribution in [3.05, 3.63) is 92.6 Å². The minimum atomic E-state index is -0.384. The molecule has 0 radical (unpaired) electrons. The normalized spacial score (nSPS) is 17.5. The smallest absolute Gasteiger partial charge is 0.338 e. The zero-order chi connectivity index (χ0) is 25.8. The molecular weight excluding hydrogens is 521 g/mol. The van der Waals surface area contributed by atoms with Crippen LogP contribution in [0.2, 0.25) is 15.1 Å². The molecule has 4 rings (SSSR count). The number of esters is 1. The Morgan fingerprint density at radius 1 is 1.03 bits per heavy atom. The van der Waals surface area contributed by atoms with Gasteiger partial charge in [-0.2, -0.15) is 0 Å². The molecule has 0 spiro atoms. The van der Waals surface area contributed by atoms with Gasteiger partial charge in [-0.3, -0.25) is 4.79 Å². The molecule has 2 aromatic carbocycles. The maximum Gasteiger partial charge on any atom is 0.338 e. The van der Waals surface area contributed by atoms with Crippen molar-refractivity contribution in [1.29, 1.82) is 0 Å². The number of hydrogen-bond donors (Lipinski definition) is 0. The molecule has 1 aliphatic rings. The van der Waals surface area contributed by atoms with Crippen LogP contribution in [-0.4, -0.2) is 54.5 Å². The third-order valence-corrected chi connectivity index (χ3v) is 7.43. The molecule has 6 nitrogen and oxygen atoms in total. The first-order valence-corrected chi connectivity index (χ1v) is 12.8. The Morgan fingerprint density at radius 2 is 1.78 bits per heavy atom. The van der Waals surface area contributed by atoms with Gasteiger partial charge in [-0.15, -0.1) is 0 Å². The summed E-state index contributed by atoms with van der Waals surface area (Å²) in [5.74, 6) is 0.126. The topological polar surface area (TPSA) is 62.7 Å². The van der Waals surface area contributed by atoms with Crippen LogP contribution in [0.3, 0.4) is 0 Å². The Hall–Kier alpha value is -2.80. The van der Waals surface area contributed by atoms with Gasteiger partial charge in [0.15, 0.2) is 0 Å². The first-order chi connectivity index (χ1) is 17.3. The van der Waals surface area contributed by atoms with Gasteiger partial charge in [-0.25, -0.2) is 9.78 Å². The Kier molecular flexibility index (Phi) is 8.39. The predicted octanol–water partition coefficient (Wildman–Crippen LogP) is 6.35. The number of nitrogens with zero attached hydrogens (tertiary/aromatic N) is 3. The van der Waals surface area contributed by atoms with Gasteiger partial charge in [0.25, 0.3) is 5.91 Å². The molecule has 1 amide bonds. The van der Waals surface area contributed by atoms with Crippen molar-refractivity contribution < 1.29 is 14.3 Å². The number of rotatable bonds is 6. The van der Waals surface area contributed by atoms with Crippen LogP contribution in [0.25, 0.3) is 0 Å². The first-order valence-electron chi connectivity index (χ1n) is 11.6. The van der Waals surface area contributed by atoms with Gasteiger partial charge in [0.1, 0.15) is 5.82 Å². The van der Waals surface area contributed by atoms with Gasteiger partial charge in [0, 0.05) is 48.9 Å². The number of amides is 1. The molecule has 1 aromatic heterocycles. The monoisotopic (exact) mass is 545 g/mol. The zero-order valence-electron chi connectivity index (χ0n) is 20.0. The summed E-state index contributed by atoms with van der Waals surface area (Å²) in [4.78, 5) is 34.0. The molecular formula is C27H26Cl3N3O3. The van der Waals surface area contributed by atoms with Crippen molar-refractivity contribution in [2.45, 2.75) is 25.3 Å². The maximum atomic E-state index is 13.3. The van der Waals surface area contributed by atoms with E-state index in [9.17, 15) is 9.59 Å². The summed E-state index contributed by atoms with van der Waals surface area (Å²) in [5, 5.41) is 1.51. The molecule has 2 atom stereocenters. The van der Waals surface area contributed by atoms with Crippen LogP contribution in [0.4, 0.5) is 5.82 Å². The predicted molar refractivity (Wildman–Crippen MR) is 144 cm³/mol. The minimum Gasteiger partial charge on any atom is -0.462 e. The van der Waals surface area contributed by atoms with E-state index in [-0.39, 0.29) is 23.8 Å². The second kappa shape index (κ2) is 11.5. The van der Waals surface area contributed by atoms with Crippen LogP contribution in [0.15, 0.2) is 60.8 Å². The summed E-state index contributed by atoms with van der Waals surface area (Å²) < 4.78 is 5.14. The van der Waals surface area contributed by atoms with Crippen molar-refractivity contribution in [1.82, 2.24) is 9.88 Å². The third-order valence-electron chi connectivity index (χ3n) is 6.44. The summed E-state index contributed by atoms with van der Waals surface area (Å²) >= 11 is 18.6. The highest BCUT2D eigenvalue weighted by Gasteiger charge is 2.36. The number of piperidine rings is 1. The van der Waals surface area contributed by atoms with E-state index >= 15 is 0 Å². The molecule has 2 unspecified atom stereocenters. The van der Waals surface area contributed by atoms with Crippen molar-refractivity contribution in [3.63, 3.8) is 0 Å². The highest BCUT2D eigenvalue weighted by molar-refractivity contribution is 6.42. The molecule has 1 saturated heterocycles. The van der Waals surface area contributed by atoms with Crippen molar-refractivity contribution in [2.75, 3.05) is 31.6 Å². The number of carbonyl (C=O) groups excluding carboxylic acids is 2. The van der Waals surface area contributed by atoms with Crippen LogP contribution in [0.1, 0.15) is 45.5 Å². The van der Waals surface area contributed by atoms with Gasteiger partial charge in [-0.1, -0.05) is 40.9 Å². The lowest BCUT2D eigenvalue weighted by Gasteiger charge is -2.43. The van der Waals surface area contributed by atoms with Crippen LogP contribution in [0, 0.1) is 0 Å². The number of pyridine rings is 1. The fourth-order valence-electron chi connectivity index (χ4n) is 4.56. The van der Waals surface area contributed by atoms with E-state index in [4.69, 9.17) is 39.5 Å².